The van der Waals surface area contributed by atoms with Crippen molar-refractivity contribution in [2.24, 2.45) is 0 Å². The van der Waals surface area contributed by atoms with E-state index in [1.807, 2.05) is 4.90 Å². The van der Waals surface area contributed by atoms with Gasteiger partial charge in [-0.15, -0.1) is 0 Å². The van der Waals surface area contributed by atoms with Gasteiger partial charge in [-0.1, -0.05) is 12.1 Å². The molecule has 4 aromatic rings. The molecule has 3 heterocycles. The number of carbonyl (C=O) groups excluding carboxylic acids is 1. The summed E-state index contributed by atoms with van der Waals surface area (Å²) in [6, 6.07) is 8.72. The first-order valence-corrected chi connectivity index (χ1v) is 11.9. The molecule has 5 rings (SSSR count). The maximum Gasteiger partial charge on any atom is 0.326 e. The monoisotopic (exact) mass is 522 g/mol. The average molecular weight is 523 g/mol. The van der Waals surface area contributed by atoms with Gasteiger partial charge in [0.2, 0.25) is 0 Å². The Bertz CT molecular complexity index is 1490. The zero-order valence-electron chi connectivity index (χ0n) is 20.0. The van der Waals surface area contributed by atoms with Crippen LogP contribution in [0.3, 0.4) is 0 Å². The Hall–Kier alpha value is -4.74. The third-order valence-corrected chi connectivity index (χ3v) is 6.45. The molecule has 38 heavy (non-hydrogen) atoms. The van der Waals surface area contributed by atoms with Gasteiger partial charge in [-0.05, 0) is 54.8 Å². The van der Waals surface area contributed by atoms with Crippen LogP contribution in [0.4, 0.5) is 25.1 Å². The summed E-state index contributed by atoms with van der Waals surface area (Å²) < 4.78 is 29.8. The lowest BCUT2D eigenvalue weighted by molar-refractivity contribution is -0.139. The van der Waals surface area contributed by atoms with E-state index in [-0.39, 0.29) is 23.4 Å². The molecule has 4 N–H and O–H groups in total. The van der Waals surface area contributed by atoms with Gasteiger partial charge in [0.15, 0.2) is 5.65 Å². The number of nitrogens with zero attached hydrogens (tertiary/aromatic N) is 4. The van der Waals surface area contributed by atoms with Gasteiger partial charge in [0, 0.05) is 24.7 Å². The number of aromatic hydroxyl groups is 1. The Labute approximate surface area is 215 Å². The number of halogens is 2. The van der Waals surface area contributed by atoms with Crippen LogP contribution in [-0.4, -0.2) is 49.4 Å². The summed E-state index contributed by atoms with van der Waals surface area (Å²) in [5.41, 5.74) is 1.41. The van der Waals surface area contributed by atoms with E-state index in [0.717, 1.165) is 18.6 Å². The molecule has 0 bridgehead atoms. The summed E-state index contributed by atoms with van der Waals surface area (Å²) in [6.07, 6.45) is 4.42. The molecule has 0 spiro atoms. The number of hydrogen-bond acceptors (Lipinski definition) is 6. The van der Waals surface area contributed by atoms with Gasteiger partial charge in [-0.2, -0.15) is 5.10 Å². The number of phenolic OH excluding ortho intramolecular Hbond substituents is 1. The van der Waals surface area contributed by atoms with Crippen molar-refractivity contribution in [3.8, 4) is 5.75 Å². The van der Waals surface area contributed by atoms with Crippen LogP contribution >= 0.6 is 0 Å². The number of carbonyl (C=O) groups is 2. The largest absolute Gasteiger partial charge is 0.508 e. The van der Waals surface area contributed by atoms with Crippen LogP contribution in [0.5, 0.6) is 5.75 Å². The Morgan fingerprint density at radius 1 is 1.13 bits per heavy atom. The molecule has 1 saturated heterocycles. The van der Waals surface area contributed by atoms with Crippen LogP contribution in [-0.2, 0) is 11.2 Å². The molecule has 2 aromatic heterocycles. The number of amides is 2. The Kier molecular flexibility index (Phi) is 6.77. The van der Waals surface area contributed by atoms with E-state index in [9.17, 15) is 28.6 Å². The third-order valence-electron chi connectivity index (χ3n) is 6.45. The molecule has 10 nitrogen and oxygen atoms in total. The topological polar surface area (TPSA) is 132 Å². The van der Waals surface area contributed by atoms with Crippen LogP contribution in [0.2, 0.25) is 0 Å². The van der Waals surface area contributed by atoms with E-state index in [2.05, 4.69) is 20.7 Å². The van der Waals surface area contributed by atoms with Crippen molar-refractivity contribution in [1.82, 2.24) is 19.9 Å². The zero-order valence-corrected chi connectivity index (χ0v) is 20.0. The molecule has 0 radical (unpaired) electrons. The van der Waals surface area contributed by atoms with E-state index in [4.69, 9.17) is 0 Å². The molecule has 196 valence electrons. The van der Waals surface area contributed by atoms with E-state index in [1.165, 1.54) is 28.9 Å². The Morgan fingerprint density at radius 2 is 1.92 bits per heavy atom. The Balaban J connectivity index is 1.34. The standard InChI is InChI=1S/C26H24F2N6O4/c27-16-5-8-19(28)18(13-16)22-2-1-10-33(22)23-9-11-34-24(32-23)21(14-29-34)31-26(38)30-20(25(36)37)12-15-3-6-17(35)7-4-15/h3-9,11,13-14,20,22,35H,1-2,10,12H2,(H,36,37)(H2,30,31,38)/t20-,22+/m0/s1. The van der Waals surface area contributed by atoms with Gasteiger partial charge in [0.1, 0.15) is 34.9 Å². The summed E-state index contributed by atoms with van der Waals surface area (Å²) in [5.74, 6) is -1.68. The molecule has 2 amide bonds. The number of aliphatic carboxylic acids is 1. The highest BCUT2D eigenvalue weighted by atomic mass is 19.1. The first-order chi connectivity index (χ1) is 18.3. The first kappa shape index (κ1) is 24.9. The molecular formula is C26H24F2N6O4. The number of nitrogens with one attached hydrogen (secondary N) is 2. The van der Waals surface area contributed by atoms with Gasteiger partial charge in [0.25, 0.3) is 0 Å². The second-order valence-corrected chi connectivity index (χ2v) is 8.99. The van der Waals surface area contributed by atoms with Crippen molar-refractivity contribution < 1.29 is 28.6 Å². The van der Waals surface area contributed by atoms with Gasteiger partial charge in [-0.3, -0.25) is 0 Å². The zero-order chi connectivity index (χ0) is 26.8. The van der Waals surface area contributed by atoms with Gasteiger partial charge < -0.3 is 25.7 Å². The second kappa shape index (κ2) is 10.3. The smallest absolute Gasteiger partial charge is 0.326 e. The average Bonchev–Trinajstić information content (AvgIpc) is 3.53. The lowest BCUT2D eigenvalue weighted by atomic mass is 10.0. The predicted octanol–water partition coefficient (Wildman–Crippen LogP) is 3.87. The molecular weight excluding hydrogens is 498 g/mol. The normalized spacial score (nSPS) is 15.9. The summed E-state index contributed by atoms with van der Waals surface area (Å²) in [7, 11) is 0. The maximum atomic E-state index is 14.5. The highest BCUT2D eigenvalue weighted by molar-refractivity contribution is 5.95. The fraction of sp³-hybridized carbons (Fsp3) is 0.231. The second-order valence-electron chi connectivity index (χ2n) is 8.99. The van der Waals surface area contributed by atoms with Gasteiger partial charge >= 0.3 is 12.0 Å². The molecule has 0 aliphatic carbocycles. The molecule has 2 atom stereocenters. The SMILES string of the molecule is O=C(Nc1cnn2ccc(N3CCC[C@@H]3c3cc(F)ccc3F)nc12)N[C@@H](Cc1ccc(O)cc1)C(=O)O. The van der Waals surface area contributed by atoms with Crippen molar-refractivity contribution in [3.63, 3.8) is 0 Å². The number of benzene rings is 2. The maximum absolute atomic E-state index is 14.5. The highest BCUT2D eigenvalue weighted by Crippen LogP contribution is 2.37. The van der Waals surface area contributed by atoms with Crippen LogP contribution < -0.4 is 15.5 Å². The lowest BCUT2D eigenvalue weighted by Crippen LogP contribution is -2.44. The van der Waals surface area contributed by atoms with Crippen molar-refractivity contribution in [2.45, 2.75) is 31.3 Å². The van der Waals surface area contributed by atoms with Crippen LogP contribution in [0, 0.1) is 11.6 Å². The summed E-state index contributed by atoms with van der Waals surface area (Å²) in [5, 5.41) is 28.2. The molecule has 1 aliphatic rings. The van der Waals surface area contributed by atoms with Gasteiger partial charge in [-0.25, -0.2) is 27.9 Å². The molecule has 0 saturated carbocycles. The van der Waals surface area contributed by atoms with E-state index in [0.29, 0.717) is 30.0 Å². The van der Waals surface area contributed by atoms with Crippen molar-refractivity contribution in [3.05, 3.63) is 83.7 Å². The summed E-state index contributed by atoms with van der Waals surface area (Å²) in [6.45, 7) is 0.582. The number of carboxylic acid groups (broad SMARTS) is 1. The number of rotatable bonds is 7. The van der Waals surface area contributed by atoms with Crippen LogP contribution in [0.25, 0.3) is 5.65 Å². The third kappa shape index (κ3) is 5.19. The van der Waals surface area contributed by atoms with E-state index >= 15 is 0 Å². The van der Waals surface area contributed by atoms with Crippen LogP contribution in [0.15, 0.2) is 60.9 Å². The van der Waals surface area contributed by atoms with Crippen molar-refractivity contribution in [2.75, 3.05) is 16.8 Å². The molecule has 2 aromatic carbocycles. The minimum absolute atomic E-state index is 0.00712. The minimum Gasteiger partial charge on any atom is -0.508 e. The highest BCUT2D eigenvalue weighted by Gasteiger charge is 2.30. The van der Waals surface area contributed by atoms with Crippen molar-refractivity contribution in [1.29, 1.82) is 0 Å². The quantitative estimate of drug-likeness (QED) is 0.290. The minimum atomic E-state index is -1.23. The molecule has 12 heteroatoms. The number of aromatic nitrogens is 3. The fourth-order valence-corrected chi connectivity index (χ4v) is 4.63. The number of urea groups is 1. The van der Waals surface area contributed by atoms with E-state index in [1.54, 1.807) is 24.4 Å². The van der Waals surface area contributed by atoms with E-state index < -0.39 is 35.7 Å². The van der Waals surface area contributed by atoms with Crippen LogP contribution in [0.1, 0.15) is 30.0 Å². The molecule has 0 unspecified atom stereocenters. The molecule has 1 fully saturated rings. The summed E-state index contributed by atoms with van der Waals surface area (Å²) >= 11 is 0. The van der Waals surface area contributed by atoms with Gasteiger partial charge in [0.05, 0.1) is 12.2 Å². The number of carboxylic acids is 1. The summed E-state index contributed by atoms with van der Waals surface area (Å²) in [4.78, 5) is 30.9. The van der Waals surface area contributed by atoms with Crippen molar-refractivity contribution >= 4 is 29.2 Å². The predicted molar refractivity (Wildman–Crippen MR) is 134 cm³/mol. The number of phenols is 1. The number of fused-ring (bicyclic) bond motifs is 1. The molecule has 1 aliphatic heterocycles. The first-order valence-electron chi connectivity index (χ1n) is 11.9. The Morgan fingerprint density at radius 3 is 2.68 bits per heavy atom. The lowest BCUT2D eigenvalue weighted by Gasteiger charge is -2.26. The number of anilines is 2. The number of hydrogen-bond donors (Lipinski definition) is 4. The fourth-order valence-electron chi connectivity index (χ4n) is 4.63.